The van der Waals surface area contributed by atoms with E-state index in [2.05, 4.69) is 10.6 Å². The molecule has 1 spiro atoms. The van der Waals surface area contributed by atoms with Crippen molar-refractivity contribution in [2.45, 2.75) is 45.1 Å². The standard InChI is InChI=1S/C23H25N3O3/c1-3-16-10-6-8-15(2)20(16)24-19(27)14-26-21(28)23(25-22(26)29)13-7-11-17-9-4-5-12-18(17)23/h4-6,8-10,12H,3,7,11,13-14H2,1-2H3,(H,24,27)(H,25,29). The number of anilines is 1. The highest BCUT2D eigenvalue weighted by molar-refractivity contribution is 6.10. The Hall–Kier alpha value is -3.15. The van der Waals surface area contributed by atoms with E-state index in [0.29, 0.717) is 6.42 Å². The summed E-state index contributed by atoms with van der Waals surface area (Å²) in [6.45, 7) is 3.65. The van der Waals surface area contributed by atoms with Crippen LogP contribution in [0.4, 0.5) is 10.5 Å². The van der Waals surface area contributed by atoms with Gasteiger partial charge in [0.2, 0.25) is 5.91 Å². The first kappa shape index (κ1) is 19.2. The lowest BCUT2D eigenvalue weighted by Crippen LogP contribution is -2.47. The third-order valence-electron chi connectivity index (χ3n) is 5.96. The lowest BCUT2D eigenvalue weighted by molar-refractivity contribution is -0.134. The van der Waals surface area contributed by atoms with E-state index in [-0.39, 0.29) is 18.4 Å². The number of urea groups is 1. The number of carbonyl (C=O) groups excluding carboxylic acids is 3. The second-order valence-electron chi connectivity index (χ2n) is 7.75. The summed E-state index contributed by atoms with van der Waals surface area (Å²) in [5, 5.41) is 5.78. The van der Waals surface area contributed by atoms with Crippen LogP contribution >= 0.6 is 0 Å². The molecule has 1 unspecified atom stereocenters. The van der Waals surface area contributed by atoms with Gasteiger partial charge in [0.1, 0.15) is 12.1 Å². The fraction of sp³-hybridized carbons (Fsp3) is 0.348. The summed E-state index contributed by atoms with van der Waals surface area (Å²) < 4.78 is 0. The zero-order valence-corrected chi connectivity index (χ0v) is 16.7. The maximum absolute atomic E-state index is 13.3. The average Bonchev–Trinajstić information content (AvgIpc) is 2.94. The van der Waals surface area contributed by atoms with Gasteiger partial charge in [-0.2, -0.15) is 0 Å². The number of para-hydroxylation sites is 1. The second kappa shape index (κ2) is 7.35. The molecule has 0 aromatic heterocycles. The van der Waals surface area contributed by atoms with Gasteiger partial charge in [0.15, 0.2) is 0 Å². The van der Waals surface area contributed by atoms with E-state index in [9.17, 15) is 14.4 Å². The number of hydrogen-bond acceptors (Lipinski definition) is 3. The van der Waals surface area contributed by atoms with Gasteiger partial charge in [-0.1, -0.05) is 49.4 Å². The van der Waals surface area contributed by atoms with E-state index in [1.54, 1.807) is 0 Å². The normalized spacial score (nSPS) is 20.6. The van der Waals surface area contributed by atoms with Crippen LogP contribution in [0.5, 0.6) is 0 Å². The topological polar surface area (TPSA) is 78.5 Å². The van der Waals surface area contributed by atoms with E-state index in [0.717, 1.165) is 52.1 Å². The quantitative estimate of drug-likeness (QED) is 0.785. The second-order valence-corrected chi connectivity index (χ2v) is 7.75. The molecule has 1 saturated heterocycles. The number of carbonyl (C=O) groups is 3. The molecule has 4 amide bonds. The molecule has 1 fully saturated rings. The molecule has 6 heteroatoms. The maximum atomic E-state index is 13.3. The van der Waals surface area contributed by atoms with E-state index in [1.807, 2.05) is 56.3 Å². The predicted octanol–water partition coefficient (Wildman–Crippen LogP) is 3.28. The molecule has 150 valence electrons. The molecule has 2 N–H and O–H groups in total. The summed E-state index contributed by atoms with van der Waals surface area (Å²) in [4.78, 5) is 39.7. The highest BCUT2D eigenvalue weighted by atomic mass is 16.2. The van der Waals surface area contributed by atoms with Crippen molar-refractivity contribution in [1.29, 1.82) is 0 Å². The van der Waals surface area contributed by atoms with Crippen molar-refractivity contribution in [2.24, 2.45) is 0 Å². The Balaban J connectivity index is 1.56. The zero-order valence-electron chi connectivity index (χ0n) is 16.7. The molecule has 0 bridgehead atoms. The molecule has 29 heavy (non-hydrogen) atoms. The lowest BCUT2D eigenvalue weighted by Gasteiger charge is -2.33. The van der Waals surface area contributed by atoms with Crippen molar-refractivity contribution in [3.05, 3.63) is 64.7 Å². The van der Waals surface area contributed by atoms with Crippen LogP contribution in [0.3, 0.4) is 0 Å². The number of hydrogen-bond donors (Lipinski definition) is 2. The largest absolute Gasteiger partial charge is 0.325 e. The van der Waals surface area contributed by atoms with Crippen LogP contribution < -0.4 is 10.6 Å². The number of aryl methyl sites for hydroxylation is 3. The van der Waals surface area contributed by atoms with Crippen LogP contribution in [-0.4, -0.2) is 29.3 Å². The summed E-state index contributed by atoms with van der Waals surface area (Å²) in [5.74, 6) is -0.719. The predicted molar refractivity (Wildman–Crippen MR) is 110 cm³/mol. The average molecular weight is 391 g/mol. The SMILES string of the molecule is CCc1cccc(C)c1NC(=O)CN1C(=O)NC2(CCCc3ccccc32)C1=O. The first-order valence-corrected chi connectivity index (χ1v) is 10.1. The first-order valence-electron chi connectivity index (χ1n) is 10.1. The number of nitrogens with one attached hydrogen (secondary N) is 2. The molecule has 1 atom stereocenters. The molecule has 2 aromatic rings. The minimum atomic E-state index is -1.05. The Morgan fingerprint density at radius 2 is 1.97 bits per heavy atom. The minimum absolute atomic E-state index is 0.300. The third kappa shape index (κ3) is 3.18. The number of benzene rings is 2. The van der Waals surface area contributed by atoms with Crippen molar-refractivity contribution >= 4 is 23.5 Å². The number of amides is 4. The highest BCUT2D eigenvalue weighted by Gasteiger charge is 2.54. The van der Waals surface area contributed by atoms with Gasteiger partial charge < -0.3 is 10.6 Å². The van der Waals surface area contributed by atoms with Crippen molar-refractivity contribution in [1.82, 2.24) is 10.2 Å². The summed E-state index contributed by atoms with van der Waals surface area (Å²) in [7, 11) is 0. The number of imide groups is 1. The Kier molecular flexibility index (Phi) is 4.86. The number of fused-ring (bicyclic) bond motifs is 2. The summed E-state index contributed by atoms with van der Waals surface area (Å²) >= 11 is 0. The van der Waals surface area contributed by atoms with Crippen molar-refractivity contribution in [3.63, 3.8) is 0 Å². The van der Waals surface area contributed by atoms with Gasteiger partial charge in [0.05, 0.1) is 0 Å². The Bertz CT molecular complexity index is 1000. The molecule has 0 radical (unpaired) electrons. The van der Waals surface area contributed by atoms with Gasteiger partial charge in [-0.25, -0.2) is 4.79 Å². The molecule has 1 aliphatic carbocycles. The fourth-order valence-electron chi connectivity index (χ4n) is 4.48. The van der Waals surface area contributed by atoms with Gasteiger partial charge in [-0.05, 0) is 54.9 Å². The number of nitrogens with zero attached hydrogens (tertiary/aromatic N) is 1. The minimum Gasteiger partial charge on any atom is -0.324 e. The van der Waals surface area contributed by atoms with E-state index < -0.39 is 11.6 Å². The molecular weight excluding hydrogens is 366 g/mol. The van der Waals surface area contributed by atoms with Crippen molar-refractivity contribution < 1.29 is 14.4 Å². The molecule has 1 aliphatic heterocycles. The Morgan fingerprint density at radius 3 is 2.76 bits per heavy atom. The van der Waals surface area contributed by atoms with Crippen LogP contribution in [0.15, 0.2) is 42.5 Å². The third-order valence-corrected chi connectivity index (χ3v) is 5.96. The smallest absolute Gasteiger partial charge is 0.324 e. The summed E-state index contributed by atoms with van der Waals surface area (Å²) in [5.41, 5.74) is 3.60. The summed E-state index contributed by atoms with van der Waals surface area (Å²) in [6.07, 6.45) is 3.02. The molecule has 6 nitrogen and oxygen atoms in total. The van der Waals surface area contributed by atoms with Gasteiger partial charge in [0.25, 0.3) is 5.91 Å². The Morgan fingerprint density at radius 1 is 1.17 bits per heavy atom. The summed E-state index contributed by atoms with van der Waals surface area (Å²) in [6, 6.07) is 13.0. The van der Waals surface area contributed by atoms with Crippen LogP contribution in [0.2, 0.25) is 0 Å². The first-order chi connectivity index (χ1) is 14.0. The van der Waals surface area contributed by atoms with Crippen LogP contribution in [-0.2, 0) is 28.0 Å². The van der Waals surface area contributed by atoms with Gasteiger partial charge >= 0.3 is 6.03 Å². The fourth-order valence-corrected chi connectivity index (χ4v) is 4.48. The van der Waals surface area contributed by atoms with Crippen molar-refractivity contribution in [3.8, 4) is 0 Å². The van der Waals surface area contributed by atoms with Gasteiger partial charge in [-0.3, -0.25) is 14.5 Å². The molecule has 2 aromatic carbocycles. The van der Waals surface area contributed by atoms with E-state index in [1.165, 1.54) is 0 Å². The molecule has 0 saturated carbocycles. The molecule has 1 heterocycles. The number of rotatable bonds is 4. The van der Waals surface area contributed by atoms with Crippen molar-refractivity contribution in [2.75, 3.05) is 11.9 Å². The van der Waals surface area contributed by atoms with E-state index >= 15 is 0 Å². The maximum Gasteiger partial charge on any atom is 0.325 e. The van der Waals surface area contributed by atoms with Crippen LogP contribution in [0.25, 0.3) is 0 Å². The van der Waals surface area contributed by atoms with Gasteiger partial charge in [0, 0.05) is 5.69 Å². The molecule has 4 rings (SSSR count). The van der Waals surface area contributed by atoms with Gasteiger partial charge in [-0.15, -0.1) is 0 Å². The highest BCUT2D eigenvalue weighted by Crippen LogP contribution is 2.39. The van der Waals surface area contributed by atoms with E-state index in [4.69, 9.17) is 0 Å². The van der Waals surface area contributed by atoms with Crippen LogP contribution in [0, 0.1) is 6.92 Å². The monoisotopic (exact) mass is 391 g/mol. The molecular formula is C23H25N3O3. The van der Waals surface area contributed by atoms with Crippen LogP contribution in [0.1, 0.15) is 42.0 Å². The lowest BCUT2D eigenvalue weighted by atomic mass is 9.76. The molecule has 2 aliphatic rings. The Labute approximate surface area is 170 Å². The zero-order chi connectivity index (χ0) is 20.6.